The quantitative estimate of drug-likeness (QED) is 0.892. The van der Waals surface area contributed by atoms with Crippen molar-refractivity contribution in [3.05, 3.63) is 29.3 Å². The Labute approximate surface area is 109 Å². The van der Waals surface area contributed by atoms with Gasteiger partial charge in [0.15, 0.2) is 0 Å². The molecule has 0 aromatic heterocycles. The maximum Gasteiger partial charge on any atom is 0.407 e. The number of aryl methyl sites for hydroxylation is 2. The van der Waals surface area contributed by atoms with Crippen molar-refractivity contribution in [1.82, 2.24) is 5.32 Å². The minimum Gasteiger partial charge on any atom is -0.445 e. The van der Waals surface area contributed by atoms with E-state index in [4.69, 9.17) is 4.74 Å². The van der Waals surface area contributed by atoms with Crippen LogP contribution in [-0.4, -0.2) is 32.8 Å². The number of carbonyl (C=O) groups excluding carboxylic acids is 1. The number of rotatable bonds is 4. The molecule has 0 radical (unpaired) electrons. The molecule has 1 N–H and O–H groups in total. The molecule has 1 rings (SSSR count). The van der Waals surface area contributed by atoms with Crippen LogP contribution in [0, 0.1) is 13.8 Å². The van der Waals surface area contributed by atoms with Gasteiger partial charge in [-0.1, -0.05) is 6.07 Å². The van der Waals surface area contributed by atoms with Gasteiger partial charge in [-0.25, -0.2) is 4.79 Å². The molecule has 4 nitrogen and oxygen atoms in total. The SMILES string of the molecule is CNC(=O)O[C@@H](C)CN(C)c1cc(C)cc(C)c1. The molecule has 18 heavy (non-hydrogen) atoms. The maximum absolute atomic E-state index is 11.1. The number of anilines is 1. The van der Waals surface area contributed by atoms with Crippen LogP contribution in [0.15, 0.2) is 18.2 Å². The summed E-state index contributed by atoms with van der Waals surface area (Å²) in [5.74, 6) is 0. The summed E-state index contributed by atoms with van der Waals surface area (Å²) in [7, 11) is 3.56. The number of nitrogens with zero attached hydrogens (tertiary/aromatic N) is 1. The minimum atomic E-state index is -0.392. The van der Waals surface area contributed by atoms with Crippen molar-refractivity contribution in [2.24, 2.45) is 0 Å². The van der Waals surface area contributed by atoms with E-state index in [-0.39, 0.29) is 6.10 Å². The Kier molecular flexibility index (Phi) is 5.01. The molecule has 0 aliphatic heterocycles. The van der Waals surface area contributed by atoms with Crippen molar-refractivity contribution >= 4 is 11.8 Å². The second-order valence-corrected chi connectivity index (χ2v) is 4.69. The Balaban J connectivity index is 2.64. The maximum atomic E-state index is 11.1. The van der Waals surface area contributed by atoms with Gasteiger partial charge in [0.05, 0.1) is 6.54 Å². The van der Waals surface area contributed by atoms with Crippen LogP contribution in [-0.2, 0) is 4.74 Å². The van der Waals surface area contributed by atoms with Crippen molar-refractivity contribution in [3.63, 3.8) is 0 Å². The van der Waals surface area contributed by atoms with Gasteiger partial charge < -0.3 is 15.0 Å². The van der Waals surface area contributed by atoms with E-state index in [1.807, 2.05) is 14.0 Å². The molecule has 4 heteroatoms. The molecule has 0 saturated carbocycles. The van der Waals surface area contributed by atoms with E-state index in [0.717, 1.165) is 5.69 Å². The summed E-state index contributed by atoms with van der Waals surface area (Å²) in [6, 6.07) is 6.39. The highest BCUT2D eigenvalue weighted by Gasteiger charge is 2.11. The van der Waals surface area contributed by atoms with Gasteiger partial charge in [-0.15, -0.1) is 0 Å². The van der Waals surface area contributed by atoms with Gasteiger partial charge in [-0.05, 0) is 44.0 Å². The first-order chi connectivity index (χ1) is 8.42. The average molecular weight is 250 g/mol. The van der Waals surface area contributed by atoms with E-state index in [2.05, 4.69) is 42.3 Å². The number of benzene rings is 1. The lowest BCUT2D eigenvalue weighted by molar-refractivity contribution is 0.112. The first-order valence-corrected chi connectivity index (χ1v) is 6.10. The van der Waals surface area contributed by atoms with Gasteiger partial charge in [0.2, 0.25) is 0 Å². The summed E-state index contributed by atoms with van der Waals surface area (Å²) in [4.78, 5) is 13.2. The van der Waals surface area contributed by atoms with Crippen molar-refractivity contribution < 1.29 is 9.53 Å². The van der Waals surface area contributed by atoms with Gasteiger partial charge in [-0.2, -0.15) is 0 Å². The molecule has 0 saturated heterocycles. The van der Waals surface area contributed by atoms with Gasteiger partial charge in [0.25, 0.3) is 0 Å². The van der Waals surface area contributed by atoms with E-state index < -0.39 is 6.09 Å². The number of hydrogen-bond acceptors (Lipinski definition) is 3. The number of ether oxygens (including phenoxy) is 1. The zero-order chi connectivity index (χ0) is 13.7. The number of carbonyl (C=O) groups is 1. The predicted molar refractivity (Wildman–Crippen MR) is 74.2 cm³/mol. The van der Waals surface area contributed by atoms with Crippen molar-refractivity contribution in [2.75, 3.05) is 25.5 Å². The van der Waals surface area contributed by atoms with Crippen LogP contribution >= 0.6 is 0 Å². The summed E-state index contributed by atoms with van der Waals surface area (Å²) in [6.07, 6.45) is -0.549. The smallest absolute Gasteiger partial charge is 0.407 e. The third-order valence-electron chi connectivity index (χ3n) is 2.69. The summed E-state index contributed by atoms with van der Waals surface area (Å²) < 4.78 is 5.16. The van der Waals surface area contributed by atoms with Crippen LogP contribution in [0.4, 0.5) is 10.5 Å². The molecule has 0 spiro atoms. The Morgan fingerprint density at radius 1 is 1.33 bits per heavy atom. The van der Waals surface area contributed by atoms with Gasteiger partial charge in [0.1, 0.15) is 6.10 Å². The fraction of sp³-hybridized carbons (Fsp3) is 0.500. The molecule has 100 valence electrons. The molecule has 1 aromatic rings. The zero-order valence-electron chi connectivity index (χ0n) is 11.8. The second kappa shape index (κ2) is 6.28. The first kappa shape index (κ1) is 14.4. The van der Waals surface area contributed by atoms with Gasteiger partial charge in [0, 0.05) is 19.8 Å². The molecule has 0 aliphatic carbocycles. The lowest BCUT2D eigenvalue weighted by Crippen LogP contribution is -2.33. The standard InChI is InChI=1S/C14H22N2O2/c1-10-6-11(2)8-13(7-10)16(5)9-12(3)18-14(17)15-4/h6-8,12H,9H2,1-5H3,(H,15,17)/t12-/m0/s1. The predicted octanol–water partition coefficient (Wildman–Crippen LogP) is 2.48. The third-order valence-corrected chi connectivity index (χ3v) is 2.69. The topological polar surface area (TPSA) is 41.6 Å². The number of amides is 1. The van der Waals surface area contributed by atoms with Crippen LogP contribution < -0.4 is 10.2 Å². The Morgan fingerprint density at radius 2 is 1.89 bits per heavy atom. The summed E-state index contributed by atoms with van der Waals surface area (Å²) in [6.45, 7) is 6.70. The van der Waals surface area contributed by atoms with Crippen LogP contribution in [0.25, 0.3) is 0 Å². The van der Waals surface area contributed by atoms with E-state index in [9.17, 15) is 4.79 Å². The van der Waals surface area contributed by atoms with Crippen molar-refractivity contribution in [2.45, 2.75) is 26.9 Å². The molecular formula is C14H22N2O2. The van der Waals surface area contributed by atoms with Crippen LogP contribution in [0.1, 0.15) is 18.1 Å². The van der Waals surface area contributed by atoms with E-state index in [0.29, 0.717) is 6.54 Å². The van der Waals surface area contributed by atoms with Crippen LogP contribution in [0.3, 0.4) is 0 Å². The van der Waals surface area contributed by atoms with Gasteiger partial charge >= 0.3 is 6.09 Å². The molecule has 0 aliphatic rings. The molecule has 1 aromatic carbocycles. The highest BCUT2D eigenvalue weighted by atomic mass is 16.6. The van der Waals surface area contributed by atoms with Crippen LogP contribution in [0.5, 0.6) is 0 Å². The lowest BCUT2D eigenvalue weighted by Gasteiger charge is -2.24. The van der Waals surface area contributed by atoms with E-state index >= 15 is 0 Å². The van der Waals surface area contributed by atoms with E-state index in [1.54, 1.807) is 7.05 Å². The average Bonchev–Trinajstić information content (AvgIpc) is 2.27. The molecule has 1 amide bonds. The van der Waals surface area contributed by atoms with Gasteiger partial charge in [-0.3, -0.25) is 0 Å². The third kappa shape index (κ3) is 4.28. The molecule has 0 fully saturated rings. The monoisotopic (exact) mass is 250 g/mol. The Hall–Kier alpha value is -1.71. The highest BCUT2D eigenvalue weighted by Crippen LogP contribution is 2.17. The second-order valence-electron chi connectivity index (χ2n) is 4.69. The van der Waals surface area contributed by atoms with Crippen LogP contribution in [0.2, 0.25) is 0 Å². The number of likely N-dealkylation sites (N-methyl/N-ethyl adjacent to an activating group) is 1. The molecular weight excluding hydrogens is 228 g/mol. The molecule has 0 unspecified atom stereocenters. The molecule has 0 heterocycles. The normalized spacial score (nSPS) is 11.8. The minimum absolute atomic E-state index is 0.157. The first-order valence-electron chi connectivity index (χ1n) is 6.10. The fourth-order valence-electron chi connectivity index (χ4n) is 1.94. The van der Waals surface area contributed by atoms with Crippen molar-refractivity contribution in [1.29, 1.82) is 0 Å². The lowest BCUT2D eigenvalue weighted by atomic mass is 10.1. The summed E-state index contributed by atoms with van der Waals surface area (Å²) in [5.41, 5.74) is 3.60. The zero-order valence-corrected chi connectivity index (χ0v) is 11.8. The Bertz CT molecular complexity index is 398. The fourth-order valence-corrected chi connectivity index (χ4v) is 1.94. The molecule has 1 atom stereocenters. The van der Waals surface area contributed by atoms with E-state index in [1.165, 1.54) is 11.1 Å². The molecule has 0 bridgehead atoms. The Morgan fingerprint density at radius 3 is 2.39 bits per heavy atom. The highest BCUT2D eigenvalue weighted by molar-refractivity contribution is 5.66. The summed E-state index contributed by atoms with van der Waals surface area (Å²) >= 11 is 0. The number of nitrogens with one attached hydrogen (secondary N) is 1. The number of alkyl carbamates (subject to hydrolysis) is 1. The van der Waals surface area contributed by atoms with Crippen molar-refractivity contribution in [3.8, 4) is 0 Å². The number of hydrogen-bond donors (Lipinski definition) is 1. The largest absolute Gasteiger partial charge is 0.445 e. The summed E-state index contributed by atoms with van der Waals surface area (Å²) in [5, 5.41) is 2.45.